The Bertz CT molecular complexity index is 1910. The Morgan fingerprint density at radius 3 is 2.36 bits per heavy atom. The molecule has 5 aromatic rings. The van der Waals surface area contributed by atoms with Gasteiger partial charge in [-0.15, -0.1) is 0 Å². The summed E-state index contributed by atoms with van der Waals surface area (Å²) in [5, 5.41) is 8.04. The van der Waals surface area contributed by atoms with E-state index in [4.69, 9.17) is 28.3 Å². The number of carbonyl (C=O) groups is 2. The summed E-state index contributed by atoms with van der Waals surface area (Å²) in [6.07, 6.45) is 2.70. The number of hydrogen-bond acceptors (Lipinski definition) is 4. The monoisotopic (exact) mass is 599 g/mol. The van der Waals surface area contributed by atoms with Crippen LogP contribution < -0.4 is 10.9 Å². The van der Waals surface area contributed by atoms with E-state index in [1.54, 1.807) is 69.7 Å². The third-order valence-corrected chi connectivity index (χ3v) is 8.39. The molecule has 0 saturated carbocycles. The van der Waals surface area contributed by atoms with Crippen LogP contribution in [0.25, 0.3) is 11.3 Å². The van der Waals surface area contributed by atoms with Gasteiger partial charge < -0.3 is 10.2 Å². The largest absolute Gasteiger partial charge is 0.355 e. The number of aromatic nitrogens is 3. The van der Waals surface area contributed by atoms with Crippen molar-refractivity contribution in [3.63, 3.8) is 0 Å². The quantitative estimate of drug-likeness (QED) is 0.299. The van der Waals surface area contributed by atoms with E-state index in [1.807, 2.05) is 6.92 Å². The minimum Gasteiger partial charge on any atom is -0.355 e. The van der Waals surface area contributed by atoms with Gasteiger partial charge in [-0.2, -0.15) is 5.10 Å². The Labute approximate surface area is 252 Å². The van der Waals surface area contributed by atoms with Gasteiger partial charge in [0.05, 0.1) is 34.2 Å². The van der Waals surface area contributed by atoms with Crippen LogP contribution in [0, 0.1) is 6.92 Å². The number of rotatable bonds is 5. The molecule has 0 fully saturated rings. The predicted molar refractivity (Wildman–Crippen MR) is 163 cm³/mol. The molecule has 1 aliphatic rings. The Balaban J connectivity index is 1.48. The minimum atomic E-state index is -0.208. The Morgan fingerprint density at radius 2 is 1.67 bits per heavy atom. The molecule has 8 nitrogen and oxygen atoms in total. The van der Waals surface area contributed by atoms with Crippen molar-refractivity contribution in [3.05, 3.63) is 132 Å². The molecule has 1 N–H and O–H groups in total. The van der Waals surface area contributed by atoms with Gasteiger partial charge >= 0.3 is 0 Å². The van der Waals surface area contributed by atoms with E-state index in [-0.39, 0.29) is 23.9 Å². The van der Waals surface area contributed by atoms with Crippen molar-refractivity contribution in [2.75, 3.05) is 13.6 Å². The van der Waals surface area contributed by atoms with Gasteiger partial charge in [0.2, 0.25) is 0 Å². The van der Waals surface area contributed by atoms with Crippen molar-refractivity contribution in [1.82, 2.24) is 24.4 Å². The molecule has 0 saturated heterocycles. The van der Waals surface area contributed by atoms with Gasteiger partial charge in [-0.1, -0.05) is 53.0 Å². The number of nitrogens with zero attached hydrogens (tertiary/aromatic N) is 4. The van der Waals surface area contributed by atoms with Crippen molar-refractivity contribution in [2.24, 2.45) is 0 Å². The number of fused-ring (bicyclic) bond motifs is 3. The number of halogens is 2. The van der Waals surface area contributed by atoms with Gasteiger partial charge in [-0.25, -0.2) is 4.52 Å². The Morgan fingerprint density at radius 1 is 0.952 bits per heavy atom. The highest BCUT2D eigenvalue weighted by Crippen LogP contribution is 2.27. The number of nitrogens with one attached hydrogen (secondary N) is 1. The molecule has 1 aliphatic heterocycles. The van der Waals surface area contributed by atoms with Crippen molar-refractivity contribution >= 4 is 40.7 Å². The topological polar surface area (TPSA) is 88.7 Å². The molecule has 6 rings (SSSR count). The molecule has 0 unspecified atom stereocenters. The van der Waals surface area contributed by atoms with E-state index in [0.717, 1.165) is 16.7 Å². The van der Waals surface area contributed by atoms with E-state index in [1.165, 1.54) is 0 Å². The molecule has 0 spiro atoms. The summed E-state index contributed by atoms with van der Waals surface area (Å²) >= 11 is 12.2. The number of benzene rings is 3. The summed E-state index contributed by atoms with van der Waals surface area (Å²) in [5.41, 5.74) is 6.37. The summed E-state index contributed by atoms with van der Waals surface area (Å²) < 4.78 is 3.45. The Hall–Kier alpha value is -4.40. The fourth-order valence-corrected chi connectivity index (χ4v) is 5.69. The molecule has 0 atom stereocenters. The van der Waals surface area contributed by atoms with E-state index in [2.05, 4.69) is 29.6 Å². The highest BCUT2D eigenvalue weighted by molar-refractivity contribution is 6.42. The van der Waals surface area contributed by atoms with Crippen LogP contribution in [0.5, 0.6) is 0 Å². The van der Waals surface area contributed by atoms with Crippen molar-refractivity contribution < 1.29 is 9.59 Å². The average Bonchev–Trinajstić information content (AvgIpc) is 3.42. The molecule has 3 heterocycles. The van der Waals surface area contributed by atoms with E-state index >= 15 is 0 Å². The minimum absolute atomic E-state index is 0.169. The van der Waals surface area contributed by atoms with E-state index in [0.29, 0.717) is 63.2 Å². The van der Waals surface area contributed by atoms with E-state index in [9.17, 15) is 14.4 Å². The number of aryl methyl sites for hydroxylation is 1. The van der Waals surface area contributed by atoms with Crippen LogP contribution in [-0.2, 0) is 19.4 Å². The predicted octanol–water partition coefficient (Wildman–Crippen LogP) is 5.25. The van der Waals surface area contributed by atoms with Gasteiger partial charge in [0.1, 0.15) is 5.65 Å². The van der Waals surface area contributed by atoms with Gasteiger partial charge in [0.15, 0.2) is 0 Å². The number of amides is 2. The second kappa shape index (κ2) is 11.1. The third kappa shape index (κ3) is 4.97. The summed E-state index contributed by atoms with van der Waals surface area (Å²) in [6.45, 7) is 2.61. The van der Waals surface area contributed by atoms with Crippen molar-refractivity contribution in [3.8, 4) is 5.69 Å². The highest BCUT2D eigenvalue weighted by Gasteiger charge is 2.29. The lowest BCUT2D eigenvalue weighted by Gasteiger charge is -2.30. The molecule has 10 heteroatoms. The molecular formula is C32H27Cl2N5O3. The molecule has 2 amide bonds. The maximum absolute atomic E-state index is 14.2. The van der Waals surface area contributed by atoms with Gasteiger partial charge in [0, 0.05) is 42.3 Å². The van der Waals surface area contributed by atoms with Crippen molar-refractivity contribution in [2.45, 2.75) is 26.3 Å². The maximum atomic E-state index is 14.2. The first-order valence-corrected chi connectivity index (χ1v) is 14.3. The number of hydrogen-bond donors (Lipinski definition) is 1. The van der Waals surface area contributed by atoms with Crippen LogP contribution in [-0.4, -0.2) is 44.5 Å². The van der Waals surface area contributed by atoms with Crippen LogP contribution >= 0.6 is 23.2 Å². The summed E-state index contributed by atoms with van der Waals surface area (Å²) in [4.78, 5) is 41.5. The van der Waals surface area contributed by atoms with Crippen LogP contribution in [0.3, 0.4) is 0 Å². The second-order valence-corrected chi connectivity index (χ2v) is 11.2. The molecule has 42 heavy (non-hydrogen) atoms. The lowest BCUT2D eigenvalue weighted by atomic mass is 10.0. The van der Waals surface area contributed by atoms with Gasteiger partial charge in [0.25, 0.3) is 17.4 Å². The smallest absolute Gasteiger partial charge is 0.261 e. The molecular weight excluding hydrogens is 573 g/mol. The fraction of sp³-hybridized carbons (Fsp3) is 0.188. The first-order chi connectivity index (χ1) is 20.2. The standard InChI is InChI=1S/C32H27Cl2N5O3/c1-19-3-5-20(6-4-19)15-23-17-36-39-28-18-37(31(41)22-9-12-26(33)27(34)16-22)14-13-25(28)32(42)38(30(23)39)24-10-7-21(8-11-24)29(40)35-2/h3-12,16-17H,13-15,18H2,1-2H3,(H,35,40). The zero-order valence-corrected chi connectivity index (χ0v) is 24.5. The lowest BCUT2D eigenvalue weighted by Crippen LogP contribution is -2.41. The maximum Gasteiger partial charge on any atom is 0.261 e. The van der Waals surface area contributed by atoms with Crippen LogP contribution in [0.4, 0.5) is 0 Å². The Kier molecular flexibility index (Phi) is 7.35. The molecule has 0 aliphatic carbocycles. The second-order valence-electron chi connectivity index (χ2n) is 10.4. The highest BCUT2D eigenvalue weighted by atomic mass is 35.5. The first kappa shape index (κ1) is 27.8. The first-order valence-electron chi connectivity index (χ1n) is 13.5. The zero-order valence-electron chi connectivity index (χ0n) is 23.0. The average molecular weight is 601 g/mol. The number of carbonyl (C=O) groups excluding carboxylic acids is 2. The lowest BCUT2D eigenvalue weighted by molar-refractivity contribution is 0.0729. The molecule has 0 radical (unpaired) electrons. The van der Waals surface area contributed by atoms with Crippen LogP contribution in [0.15, 0.2) is 77.7 Å². The summed E-state index contributed by atoms with van der Waals surface area (Å²) in [7, 11) is 1.58. The van der Waals surface area contributed by atoms with Crippen LogP contribution in [0.1, 0.15) is 48.7 Å². The molecule has 212 valence electrons. The molecule has 0 bridgehead atoms. The van der Waals surface area contributed by atoms with Gasteiger partial charge in [-0.3, -0.25) is 19.0 Å². The SMILES string of the molecule is CNC(=O)c1ccc(-n2c(=O)c3c(n4ncc(Cc5ccc(C)cc5)c24)CN(C(=O)c2ccc(Cl)c(Cl)c2)CC3)cc1. The fourth-order valence-electron chi connectivity index (χ4n) is 5.40. The van der Waals surface area contributed by atoms with Gasteiger partial charge in [-0.05, 0) is 61.4 Å². The molecule has 3 aromatic carbocycles. The third-order valence-electron chi connectivity index (χ3n) is 7.65. The van der Waals surface area contributed by atoms with Crippen LogP contribution in [0.2, 0.25) is 10.0 Å². The van der Waals surface area contributed by atoms with E-state index < -0.39 is 0 Å². The van der Waals surface area contributed by atoms with Crippen molar-refractivity contribution in [1.29, 1.82) is 0 Å². The zero-order chi connectivity index (χ0) is 29.5. The molecule has 2 aromatic heterocycles. The normalized spacial score (nSPS) is 12.8. The summed E-state index contributed by atoms with van der Waals surface area (Å²) in [6, 6.07) is 20.0. The summed E-state index contributed by atoms with van der Waals surface area (Å²) in [5.74, 6) is -0.408.